The highest BCUT2D eigenvalue weighted by Crippen LogP contribution is 2.48. The third-order valence-corrected chi connectivity index (χ3v) is 4.94. The maximum atomic E-state index is 12.6. The van der Waals surface area contributed by atoms with E-state index in [9.17, 15) is 9.59 Å². The van der Waals surface area contributed by atoms with Crippen molar-refractivity contribution in [2.75, 3.05) is 27.1 Å². The van der Waals surface area contributed by atoms with Crippen molar-refractivity contribution >= 4 is 11.6 Å². The number of rotatable bonds is 4. The third kappa shape index (κ3) is 3.35. The van der Waals surface area contributed by atoms with Gasteiger partial charge in [0.1, 0.15) is 0 Å². The minimum Gasteiger partial charge on any atom is -0.493 e. The molecule has 148 valence electrons. The molecule has 1 amide bonds. The molecule has 0 radical (unpaired) electrons. The van der Waals surface area contributed by atoms with Crippen molar-refractivity contribution in [1.29, 1.82) is 0 Å². The van der Waals surface area contributed by atoms with Gasteiger partial charge in [-0.2, -0.15) is 0 Å². The summed E-state index contributed by atoms with van der Waals surface area (Å²) < 4.78 is 16.3. The average Bonchev–Trinajstić information content (AvgIpc) is 2.89. The first kappa shape index (κ1) is 19.5. The maximum Gasteiger partial charge on any atom is 0.220 e. The molecule has 0 aromatic heterocycles. The lowest BCUT2D eigenvalue weighted by Gasteiger charge is -2.19. The number of benzene rings is 1. The van der Waals surface area contributed by atoms with Crippen LogP contribution in [0.5, 0.6) is 17.2 Å². The number of amides is 1. The number of methoxy groups -OCH3 is 3. The molecule has 7 nitrogen and oxygen atoms in total. The zero-order chi connectivity index (χ0) is 20.4. The van der Waals surface area contributed by atoms with Gasteiger partial charge in [0.15, 0.2) is 17.2 Å². The first-order valence-corrected chi connectivity index (χ1v) is 8.94. The molecule has 0 bridgehead atoms. The van der Waals surface area contributed by atoms with Gasteiger partial charge < -0.3 is 25.3 Å². The summed E-state index contributed by atoms with van der Waals surface area (Å²) in [5.41, 5.74) is 9.61. The van der Waals surface area contributed by atoms with Crippen LogP contribution in [0.3, 0.4) is 0 Å². The topological polar surface area (TPSA) is 99.9 Å². The number of fused-ring (bicyclic) bond motifs is 3. The second-order valence-corrected chi connectivity index (χ2v) is 6.64. The van der Waals surface area contributed by atoms with Gasteiger partial charge in [-0.15, -0.1) is 0 Å². The quantitative estimate of drug-likeness (QED) is 0.786. The van der Waals surface area contributed by atoms with Crippen molar-refractivity contribution in [2.45, 2.75) is 25.8 Å². The number of carbonyl (C=O) groups is 1. The van der Waals surface area contributed by atoms with Gasteiger partial charge in [0.25, 0.3) is 0 Å². The average molecular weight is 384 g/mol. The van der Waals surface area contributed by atoms with Gasteiger partial charge in [-0.1, -0.05) is 6.07 Å². The molecule has 0 aliphatic heterocycles. The van der Waals surface area contributed by atoms with E-state index in [0.717, 1.165) is 16.7 Å². The predicted molar refractivity (Wildman–Crippen MR) is 107 cm³/mol. The number of aryl methyl sites for hydroxylation is 1. The van der Waals surface area contributed by atoms with Crippen LogP contribution in [0.15, 0.2) is 29.1 Å². The van der Waals surface area contributed by atoms with Crippen molar-refractivity contribution in [1.82, 2.24) is 5.32 Å². The normalized spacial score (nSPS) is 14.9. The van der Waals surface area contributed by atoms with Crippen LogP contribution in [0.1, 0.15) is 30.5 Å². The number of carbonyl (C=O) groups excluding carboxylic acids is 1. The Balaban J connectivity index is 2.41. The van der Waals surface area contributed by atoms with Crippen LogP contribution in [0.4, 0.5) is 5.69 Å². The van der Waals surface area contributed by atoms with Crippen molar-refractivity contribution < 1.29 is 19.0 Å². The molecule has 0 fully saturated rings. The first-order chi connectivity index (χ1) is 13.4. The van der Waals surface area contributed by atoms with E-state index in [1.807, 2.05) is 12.1 Å². The number of hydrogen-bond acceptors (Lipinski definition) is 6. The lowest BCUT2D eigenvalue weighted by atomic mass is 9.95. The van der Waals surface area contributed by atoms with E-state index in [-0.39, 0.29) is 23.1 Å². The van der Waals surface area contributed by atoms with Crippen molar-refractivity contribution in [3.63, 3.8) is 0 Å². The fourth-order valence-corrected chi connectivity index (χ4v) is 3.78. The molecule has 1 atom stereocenters. The highest BCUT2D eigenvalue weighted by atomic mass is 16.5. The predicted octanol–water partition coefficient (Wildman–Crippen LogP) is 2.45. The fraction of sp³-hybridized carbons (Fsp3) is 0.333. The van der Waals surface area contributed by atoms with Crippen LogP contribution in [0.25, 0.3) is 11.1 Å². The second kappa shape index (κ2) is 7.80. The Hall–Kier alpha value is -3.22. The molecule has 0 saturated heterocycles. The molecular weight excluding hydrogens is 360 g/mol. The SMILES string of the molecule is COc1c(N)cc2c(c1OC)-c1ccc(OC)c(=O)cc1[C@@H](NC(C)=O)CC2. The smallest absolute Gasteiger partial charge is 0.220 e. The van der Waals surface area contributed by atoms with Gasteiger partial charge in [-0.25, -0.2) is 0 Å². The molecule has 28 heavy (non-hydrogen) atoms. The van der Waals surface area contributed by atoms with E-state index in [4.69, 9.17) is 19.9 Å². The summed E-state index contributed by atoms with van der Waals surface area (Å²) in [4.78, 5) is 24.4. The summed E-state index contributed by atoms with van der Waals surface area (Å²) in [6.07, 6.45) is 1.26. The minimum absolute atomic E-state index is 0.170. The van der Waals surface area contributed by atoms with Gasteiger partial charge in [0, 0.05) is 12.5 Å². The molecule has 2 aromatic rings. The van der Waals surface area contributed by atoms with E-state index >= 15 is 0 Å². The first-order valence-electron chi connectivity index (χ1n) is 8.94. The summed E-state index contributed by atoms with van der Waals surface area (Å²) >= 11 is 0. The lowest BCUT2D eigenvalue weighted by Crippen LogP contribution is -2.26. The summed E-state index contributed by atoms with van der Waals surface area (Å²) in [6, 6.07) is 6.49. The number of ether oxygens (including phenoxy) is 3. The molecule has 0 heterocycles. The van der Waals surface area contributed by atoms with Crippen molar-refractivity contribution in [3.8, 4) is 28.4 Å². The Bertz CT molecular complexity index is 987. The highest BCUT2D eigenvalue weighted by Gasteiger charge is 2.28. The Labute approximate surface area is 163 Å². The number of hydrogen-bond donors (Lipinski definition) is 2. The van der Waals surface area contributed by atoms with Crippen LogP contribution in [0.2, 0.25) is 0 Å². The Morgan fingerprint density at radius 3 is 2.43 bits per heavy atom. The van der Waals surface area contributed by atoms with Crippen LogP contribution in [-0.2, 0) is 11.2 Å². The number of nitrogens with one attached hydrogen (secondary N) is 1. The molecule has 7 heteroatoms. The lowest BCUT2D eigenvalue weighted by molar-refractivity contribution is -0.119. The zero-order valence-corrected chi connectivity index (χ0v) is 16.4. The zero-order valence-electron chi connectivity index (χ0n) is 16.4. The van der Waals surface area contributed by atoms with E-state index in [1.54, 1.807) is 13.2 Å². The van der Waals surface area contributed by atoms with E-state index in [2.05, 4.69) is 5.32 Å². The van der Waals surface area contributed by atoms with Crippen LogP contribution >= 0.6 is 0 Å². The van der Waals surface area contributed by atoms with Crippen molar-refractivity contribution in [2.24, 2.45) is 0 Å². The molecule has 1 aliphatic carbocycles. The van der Waals surface area contributed by atoms with Crippen LogP contribution in [0, 0.1) is 0 Å². The molecule has 0 unspecified atom stereocenters. The Kier molecular flexibility index (Phi) is 5.44. The standard InChI is InChI=1S/C21H24N2O5/c1-11(24)23-16-7-5-12-9-15(22)20(27-3)21(28-4)19(12)13-6-8-18(26-2)17(25)10-14(13)16/h6,8-10,16H,5,7,22H2,1-4H3,(H,23,24)/t16-/m0/s1. The molecule has 2 aromatic carbocycles. The van der Waals surface area contributed by atoms with Crippen LogP contribution < -0.4 is 30.7 Å². The summed E-state index contributed by atoms with van der Waals surface area (Å²) in [6.45, 7) is 1.46. The highest BCUT2D eigenvalue weighted by molar-refractivity contribution is 5.85. The Morgan fingerprint density at radius 1 is 1.11 bits per heavy atom. The minimum atomic E-state index is -0.332. The largest absolute Gasteiger partial charge is 0.493 e. The van der Waals surface area contributed by atoms with Gasteiger partial charge >= 0.3 is 0 Å². The van der Waals surface area contributed by atoms with E-state index < -0.39 is 0 Å². The number of anilines is 1. The number of nitrogen functional groups attached to an aromatic ring is 1. The van der Waals surface area contributed by atoms with Crippen LogP contribution in [-0.4, -0.2) is 27.2 Å². The fourth-order valence-electron chi connectivity index (χ4n) is 3.78. The second-order valence-electron chi connectivity index (χ2n) is 6.64. The van der Waals surface area contributed by atoms with Crippen molar-refractivity contribution in [3.05, 3.63) is 45.6 Å². The molecule has 0 spiro atoms. The summed E-state index contributed by atoms with van der Waals surface area (Å²) in [5.74, 6) is 0.986. The monoisotopic (exact) mass is 384 g/mol. The Morgan fingerprint density at radius 2 is 1.82 bits per heavy atom. The van der Waals surface area contributed by atoms with E-state index in [1.165, 1.54) is 27.2 Å². The number of nitrogens with two attached hydrogens (primary N) is 1. The maximum absolute atomic E-state index is 12.6. The summed E-state index contributed by atoms with van der Waals surface area (Å²) in [5, 5.41) is 2.95. The summed E-state index contributed by atoms with van der Waals surface area (Å²) in [7, 11) is 4.53. The third-order valence-electron chi connectivity index (χ3n) is 4.94. The van der Waals surface area contributed by atoms with Gasteiger partial charge in [-0.3, -0.25) is 9.59 Å². The van der Waals surface area contributed by atoms with E-state index in [0.29, 0.717) is 35.6 Å². The molecule has 3 rings (SSSR count). The molecule has 3 N–H and O–H groups in total. The van der Waals surface area contributed by atoms with Gasteiger partial charge in [0.05, 0.1) is 33.1 Å². The molecular formula is C21H24N2O5. The molecule has 1 aliphatic rings. The van der Waals surface area contributed by atoms with Gasteiger partial charge in [-0.05, 0) is 47.7 Å². The van der Waals surface area contributed by atoms with Gasteiger partial charge in [0.2, 0.25) is 11.3 Å². The molecule has 0 saturated carbocycles.